The molecule has 0 heterocycles. The maximum absolute atomic E-state index is 5.19. The fourth-order valence-electron chi connectivity index (χ4n) is 1.03. The number of hydrogen-bond donors (Lipinski definition) is 0. The van der Waals surface area contributed by atoms with Gasteiger partial charge in [0.1, 0.15) is 0 Å². The van der Waals surface area contributed by atoms with E-state index in [1.54, 1.807) is 0 Å². The van der Waals surface area contributed by atoms with Crippen LogP contribution in [0.25, 0.3) is 0 Å². The van der Waals surface area contributed by atoms with Crippen molar-refractivity contribution in [1.82, 2.24) is 0 Å². The molecule has 0 bridgehead atoms. The Kier molecular flexibility index (Phi) is 5.41. The predicted octanol–water partition coefficient (Wildman–Crippen LogP) is 2.84. The van der Waals surface area contributed by atoms with Crippen LogP contribution in [0.3, 0.4) is 0 Å². The minimum atomic E-state index is 0.778. The summed E-state index contributed by atoms with van der Waals surface area (Å²) in [7, 11) is 0. The summed E-state index contributed by atoms with van der Waals surface area (Å²) in [5, 5.41) is 0. The number of terminal acetylenes is 1. The molecule has 52 valence electrons. The third-order valence-corrected chi connectivity index (χ3v) is 1.68. The maximum atomic E-state index is 5.19. The van der Waals surface area contributed by atoms with E-state index in [0.717, 1.165) is 12.3 Å². The van der Waals surface area contributed by atoms with Gasteiger partial charge in [-0.3, -0.25) is 0 Å². The first-order valence-corrected chi connectivity index (χ1v) is 3.78. The Morgan fingerprint density at radius 3 is 2.44 bits per heavy atom. The van der Waals surface area contributed by atoms with E-state index >= 15 is 0 Å². The molecule has 0 aliphatic heterocycles. The molecule has 0 aromatic carbocycles. The highest BCUT2D eigenvalue weighted by atomic mass is 14.1. The van der Waals surface area contributed by atoms with E-state index in [1.807, 2.05) is 0 Å². The Morgan fingerprint density at radius 2 is 2.11 bits per heavy atom. The second kappa shape index (κ2) is 5.69. The minimum Gasteiger partial charge on any atom is -0.120 e. The molecule has 0 N–H and O–H groups in total. The van der Waals surface area contributed by atoms with Gasteiger partial charge in [-0.15, -0.1) is 12.3 Å². The van der Waals surface area contributed by atoms with Crippen LogP contribution in [0.1, 0.15) is 39.5 Å². The molecule has 0 aliphatic rings. The van der Waals surface area contributed by atoms with Crippen molar-refractivity contribution in [3.63, 3.8) is 0 Å². The van der Waals surface area contributed by atoms with Gasteiger partial charge in [-0.25, -0.2) is 0 Å². The van der Waals surface area contributed by atoms with Crippen molar-refractivity contribution in [2.24, 2.45) is 5.92 Å². The Morgan fingerprint density at radius 1 is 1.44 bits per heavy atom. The monoisotopic (exact) mass is 124 g/mol. The van der Waals surface area contributed by atoms with Crippen LogP contribution in [-0.4, -0.2) is 0 Å². The zero-order valence-electron chi connectivity index (χ0n) is 6.48. The third-order valence-electron chi connectivity index (χ3n) is 1.68. The predicted molar refractivity (Wildman–Crippen MR) is 42.1 cm³/mol. The third kappa shape index (κ3) is 4.09. The Bertz CT molecular complexity index is 86.7. The summed E-state index contributed by atoms with van der Waals surface area (Å²) in [6.07, 6.45) is 9.94. The lowest BCUT2D eigenvalue weighted by Gasteiger charge is -2.07. The average Bonchev–Trinajstić information content (AvgIpc) is 1.88. The maximum Gasteiger partial charge on any atom is 0.0114 e. The zero-order chi connectivity index (χ0) is 7.11. The summed E-state index contributed by atoms with van der Waals surface area (Å²) in [6, 6.07) is 0. The molecule has 0 saturated carbocycles. The van der Waals surface area contributed by atoms with Gasteiger partial charge in [0.05, 0.1) is 0 Å². The highest BCUT2D eigenvalue weighted by Gasteiger charge is 2.00. The molecule has 9 heavy (non-hydrogen) atoms. The molecule has 0 spiro atoms. The molecule has 1 unspecified atom stereocenters. The molecule has 0 saturated heterocycles. The Balaban J connectivity index is 3.32. The normalized spacial score (nSPS) is 12.6. The van der Waals surface area contributed by atoms with Gasteiger partial charge in [0.15, 0.2) is 0 Å². The van der Waals surface area contributed by atoms with Gasteiger partial charge in [-0.05, 0) is 12.3 Å². The summed E-state index contributed by atoms with van der Waals surface area (Å²) in [5.74, 6) is 3.48. The van der Waals surface area contributed by atoms with Crippen LogP contribution >= 0.6 is 0 Å². The van der Waals surface area contributed by atoms with Crippen LogP contribution in [0, 0.1) is 18.3 Å². The van der Waals surface area contributed by atoms with Crippen molar-refractivity contribution in [1.29, 1.82) is 0 Å². The van der Waals surface area contributed by atoms with E-state index in [0.29, 0.717) is 0 Å². The van der Waals surface area contributed by atoms with E-state index in [9.17, 15) is 0 Å². The lowest BCUT2D eigenvalue weighted by atomic mass is 9.98. The molecule has 0 aliphatic carbocycles. The first-order valence-electron chi connectivity index (χ1n) is 3.78. The molecule has 0 aromatic rings. The smallest absolute Gasteiger partial charge is 0.0114 e. The highest BCUT2D eigenvalue weighted by Crippen LogP contribution is 2.13. The van der Waals surface area contributed by atoms with Crippen molar-refractivity contribution in [2.75, 3.05) is 0 Å². The lowest BCUT2D eigenvalue weighted by Crippen LogP contribution is -1.95. The second-order valence-corrected chi connectivity index (χ2v) is 2.47. The molecule has 0 heteroatoms. The van der Waals surface area contributed by atoms with Gasteiger partial charge in [-0.2, -0.15) is 0 Å². The van der Waals surface area contributed by atoms with Crippen molar-refractivity contribution < 1.29 is 0 Å². The molecule has 0 rings (SSSR count). The second-order valence-electron chi connectivity index (χ2n) is 2.47. The summed E-state index contributed by atoms with van der Waals surface area (Å²) in [4.78, 5) is 0. The van der Waals surface area contributed by atoms with Crippen LogP contribution in [0.5, 0.6) is 0 Å². The average molecular weight is 124 g/mol. The molecule has 0 aromatic heterocycles. The van der Waals surface area contributed by atoms with E-state index in [4.69, 9.17) is 6.42 Å². The molecular weight excluding hydrogens is 108 g/mol. The van der Waals surface area contributed by atoms with Gasteiger partial charge in [0.25, 0.3) is 0 Å². The van der Waals surface area contributed by atoms with Crippen LogP contribution in [0.15, 0.2) is 0 Å². The van der Waals surface area contributed by atoms with Crippen molar-refractivity contribution in [3.8, 4) is 12.3 Å². The zero-order valence-corrected chi connectivity index (χ0v) is 6.48. The summed E-state index contributed by atoms with van der Waals surface area (Å²) < 4.78 is 0. The van der Waals surface area contributed by atoms with Crippen molar-refractivity contribution >= 4 is 0 Å². The quantitative estimate of drug-likeness (QED) is 0.505. The SMILES string of the molecule is C#CCC(CC)CCC. The fraction of sp³-hybridized carbons (Fsp3) is 0.778. The first kappa shape index (κ1) is 8.56. The summed E-state index contributed by atoms with van der Waals surface area (Å²) in [6.45, 7) is 4.41. The highest BCUT2D eigenvalue weighted by molar-refractivity contribution is 4.86. The van der Waals surface area contributed by atoms with Crippen LogP contribution in [0.4, 0.5) is 0 Å². The first-order chi connectivity index (χ1) is 4.35. The van der Waals surface area contributed by atoms with Gasteiger partial charge in [0.2, 0.25) is 0 Å². The number of hydrogen-bond acceptors (Lipinski definition) is 0. The largest absolute Gasteiger partial charge is 0.120 e. The topological polar surface area (TPSA) is 0 Å². The minimum absolute atomic E-state index is 0.778. The molecule has 0 radical (unpaired) electrons. The lowest BCUT2D eigenvalue weighted by molar-refractivity contribution is 0.476. The summed E-state index contributed by atoms with van der Waals surface area (Å²) >= 11 is 0. The van der Waals surface area contributed by atoms with E-state index in [-0.39, 0.29) is 0 Å². The van der Waals surface area contributed by atoms with Crippen LogP contribution < -0.4 is 0 Å². The van der Waals surface area contributed by atoms with Crippen LogP contribution in [0.2, 0.25) is 0 Å². The molecule has 0 amide bonds. The van der Waals surface area contributed by atoms with Crippen molar-refractivity contribution in [2.45, 2.75) is 39.5 Å². The Hall–Kier alpha value is -0.440. The number of rotatable bonds is 4. The summed E-state index contributed by atoms with van der Waals surface area (Å²) in [5.41, 5.74) is 0. The van der Waals surface area contributed by atoms with E-state index in [1.165, 1.54) is 19.3 Å². The van der Waals surface area contributed by atoms with Crippen LogP contribution in [-0.2, 0) is 0 Å². The van der Waals surface area contributed by atoms with E-state index < -0.39 is 0 Å². The molecule has 0 fully saturated rings. The van der Waals surface area contributed by atoms with Gasteiger partial charge >= 0.3 is 0 Å². The van der Waals surface area contributed by atoms with Gasteiger partial charge in [-0.1, -0.05) is 26.7 Å². The molecule has 1 atom stereocenters. The standard InChI is InChI=1S/C9H16/c1-4-7-9(6-3)8-5-2/h1,9H,5-8H2,2-3H3. The molecular formula is C9H16. The van der Waals surface area contributed by atoms with Gasteiger partial charge in [0, 0.05) is 6.42 Å². The van der Waals surface area contributed by atoms with E-state index in [2.05, 4.69) is 19.8 Å². The molecule has 0 nitrogen and oxygen atoms in total. The van der Waals surface area contributed by atoms with Gasteiger partial charge < -0.3 is 0 Å². The fourth-order valence-corrected chi connectivity index (χ4v) is 1.03. The van der Waals surface area contributed by atoms with Crippen molar-refractivity contribution in [3.05, 3.63) is 0 Å². The Labute approximate surface area is 58.7 Å².